The lowest BCUT2D eigenvalue weighted by atomic mass is 9.73. The third-order valence-corrected chi connectivity index (χ3v) is 8.34. The van der Waals surface area contributed by atoms with Crippen LogP contribution < -0.4 is 9.04 Å². The lowest BCUT2D eigenvalue weighted by molar-refractivity contribution is -0.145. The van der Waals surface area contributed by atoms with Crippen molar-refractivity contribution in [3.8, 4) is 5.75 Å². The molecule has 2 aliphatic rings. The van der Waals surface area contributed by atoms with Gasteiger partial charge in [-0.3, -0.25) is 4.31 Å². The van der Waals surface area contributed by atoms with Gasteiger partial charge in [-0.2, -0.15) is 0 Å². The number of anilines is 1. The first-order valence-electron chi connectivity index (χ1n) is 10.6. The van der Waals surface area contributed by atoms with Gasteiger partial charge in [0.1, 0.15) is 5.75 Å². The third-order valence-electron chi connectivity index (χ3n) is 6.09. The van der Waals surface area contributed by atoms with Gasteiger partial charge in [0.05, 0.1) is 17.2 Å². The number of fused-ring (bicyclic) bond motifs is 2. The van der Waals surface area contributed by atoms with Gasteiger partial charge in [0.15, 0.2) is 6.61 Å². The fraction of sp³-hybridized carbons (Fsp3) is 0.375. The van der Waals surface area contributed by atoms with Crippen LogP contribution in [0.2, 0.25) is 0 Å². The molecule has 0 aromatic heterocycles. The Balaban J connectivity index is 1.65. The number of benzene rings is 2. The predicted octanol–water partition coefficient (Wildman–Crippen LogP) is 4.89. The van der Waals surface area contributed by atoms with Crippen LogP contribution in [0.15, 0.2) is 57.9 Å². The van der Waals surface area contributed by atoms with Crippen LogP contribution in [-0.2, 0) is 25.0 Å². The summed E-state index contributed by atoms with van der Waals surface area (Å²) in [5, 5.41) is 0. The van der Waals surface area contributed by atoms with Crippen LogP contribution in [0.1, 0.15) is 37.3 Å². The van der Waals surface area contributed by atoms with Gasteiger partial charge in [-0.25, -0.2) is 13.2 Å². The van der Waals surface area contributed by atoms with Crippen molar-refractivity contribution in [1.29, 1.82) is 0 Å². The Morgan fingerprint density at radius 2 is 2.00 bits per heavy atom. The number of carbonyl (C=O) groups excluding carboxylic acids is 1. The highest BCUT2D eigenvalue weighted by atomic mass is 79.9. The molecule has 1 unspecified atom stereocenters. The topological polar surface area (TPSA) is 72.9 Å². The molecule has 1 aliphatic carbocycles. The standard InChI is InChI=1S/C24H26BrNO5S/c1-3-30-23(27)15-31-22-10-8-19(13-17(22)2)32(28,29)26-16-24(11-5-4-6-12-24)20-14-18(25)7-9-21(20)26/h4-5,7-10,13-14H,3,6,11-12,15-16H2,1-2H3. The van der Waals surface area contributed by atoms with Gasteiger partial charge in [-0.1, -0.05) is 28.1 Å². The molecule has 1 atom stereocenters. The molecule has 0 radical (unpaired) electrons. The molecule has 2 aromatic carbocycles. The average Bonchev–Trinajstić information content (AvgIpc) is 3.07. The van der Waals surface area contributed by atoms with E-state index in [4.69, 9.17) is 9.47 Å². The Morgan fingerprint density at radius 1 is 1.19 bits per heavy atom. The van der Waals surface area contributed by atoms with Gasteiger partial charge in [-0.15, -0.1) is 0 Å². The predicted molar refractivity (Wildman–Crippen MR) is 127 cm³/mol. The molecule has 1 aliphatic heterocycles. The second-order valence-corrected chi connectivity index (χ2v) is 11.0. The van der Waals surface area contributed by atoms with Gasteiger partial charge < -0.3 is 9.47 Å². The number of hydrogen-bond acceptors (Lipinski definition) is 5. The molecular weight excluding hydrogens is 494 g/mol. The Kier molecular flexibility index (Phi) is 6.36. The number of ether oxygens (including phenoxy) is 2. The van der Waals surface area contributed by atoms with Crippen LogP contribution in [0.25, 0.3) is 0 Å². The molecule has 6 nitrogen and oxygen atoms in total. The number of hydrogen-bond donors (Lipinski definition) is 0. The molecule has 0 fully saturated rings. The molecule has 170 valence electrons. The van der Waals surface area contributed by atoms with Crippen molar-refractivity contribution in [2.45, 2.75) is 43.4 Å². The number of carbonyl (C=O) groups is 1. The van der Waals surface area contributed by atoms with Crippen LogP contribution >= 0.6 is 15.9 Å². The fourth-order valence-electron chi connectivity index (χ4n) is 4.50. The highest BCUT2D eigenvalue weighted by Crippen LogP contribution is 2.50. The van der Waals surface area contributed by atoms with Gasteiger partial charge in [0, 0.05) is 16.4 Å². The summed E-state index contributed by atoms with van der Waals surface area (Å²) in [7, 11) is -3.77. The summed E-state index contributed by atoms with van der Waals surface area (Å²) < 4.78 is 40.3. The largest absolute Gasteiger partial charge is 0.482 e. The van der Waals surface area contributed by atoms with Crippen LogP contribution in [0, 0.1) is 6.92 Å². The number of nitrogens with zero attached hydrogens (tertiary/aromatic N) is 1. The monoisotopic (exact) mass is 519 g/mol. The number of sulfonamides is 1. The van der Waals surface area contributed by atoms with E-state index in [1.54, 1.807) is 30.3 Å². The first kappa shape index (κ1) is 22.9. The minimum absolute atomic E-state index is 0.204. The molecule has 4 rings (SSSR count). The molecule has 0 amide bonds. The minimum atomic E-state index is -3.77. The van der Waals surface area contributed by atoms with E-state index in [-0.39, 0.29) is 23.5 Å². The number of allylic oxidation sites excluding steroid dienone is 2. The highest BCUT2D eigenvalue weighted by molar-refractivity contribution is 9.10. The molecular formula is C24H26BrNO5S. The Morgan fingerprint density at radius 3 is 2.69 bits per heavy atom. The van der Waals surface area contributed by atoms with Crippen molar-refractivity contribution in [3.05, 3.63) is 64.1 Å². The van der Waals surface area contributed by atoms with Gasteiger partial charge in [0.25, 0.3) is 10.0 Å². The molecule has 0 bridgehead atoms. The maximum Gasteiger partial charge on any atom is 0.344 e. The third kappa shape index (κ3) is 4.18. The van der Waals surface area contributed by atoms with Gasteiger partial charge >= 0.3 is 5.97 Å². The summed E-state index contributed by atoms with van der Waals surface area (Å²) >= 11 is 3.55. The summed E-state index contributed by atoms with van der Waals surface area (Å²) in [4.78, 5) is 11.8. The van der Waals surface area contributed by atoms with Crippen molar-refractivity contribution in [1.82, 2.24) is 0 Å². The average molecular weight is 520 g/mol. The van der Waals surface area contributed by atoms with Crippen molar-refractivity contribution >= 4 is 37.6 Å². The normalized spacial score (nSPS) is 19.8. The number of aryl methyl sites for hydroxylation is 1. The number of rotatable bonds is 6. The maximum absolute atomic E-state index is 13.7. The Bertz CT molecular complexity index is 1180. The SMILES string of the molecule is CCOC(=O)COc1ccc(S(=O)(=O)N2CC3(CC=CCC3)c3cc(Br)ccc32)cc1C. The number of halogens is 1. The zero-order chi connectivity index (χ0) is 22.9. The molecule has 32 heavy (non-hydrogen) atoms. The van der Waals surface area contributed by atoms with Crippen LogP contribution in [0.4, 0.5) is 5.69 Å². The molecule has 0 N–H and O–H groups in total. The molecule has 0 saturated heterocycles. The summed E-state index contributed by atoms with van der Waals surface area (Å²) in [5.74, 6) is -0.00749. The maximum atomic E-state index is 13.7. The zero-order valence-corrected chi connectivity index (χ0v) is 20.5. The van der Waals surface area contributed by atoms with E-state index in [9.17, 15) is 13.2 Å². The van der Waals surface area contributed by atoms with E-state index in [1.165, 1.54) is 6.07 Å². The second kappa shape index (κ2) is 8.90. The summed E-state index contributed by atoms with van der Waals surface area (Å²) in [6.07, 6.45) is 6.99. The molecule has 2 aromatic rings. The fourth-order valence-corrected chi connectivity index (χ4v) is 6.51. The highest BCUT2D eigenvalue weighted by Gasteiger charge is 2.46. The van der Waals surface area contributed by atoms with Crippen LogP contribution in [0.5, 0.6) is 5.75 Å². The van der Waals surface area contributed by atoms with Crippen LogP contribution in [0.3, 0.4) is 0 Å². The van der Waals surface area contributed by atoms with E-state index >= 15 is 0 Å². The summed E-state index contributed by atoms with van der Waals surface area (Å²) in [5.41, 5.74) is 2.24. The minimum Gasteiger partial charge on any atom is -0.482 e. The van der Waals surface area contributed by atoms with E-state index in [2.05, 4.69) is 34.1 Å². The summed E-state index contributed by atoms with van der Waals surface area (Å²) in [6, 6.07) is 10.6. The molecule has 1 spiro atoms. The lowest BCUT2D eigenvalue weighted by Crippen LogP contribution is -2.37. The van der Waals surface area contributed by atoms with Crippen molar-refractivity contribution in [3.63, 3.8) is 0 Å². The quantitative estimate of drug-likeness (QED) is 0.401. The first-order valence-corrected chi connectivity index (χ1v) is 12.9. The smallest absolute Gasteiger partial charge is 0.344 e. The summed E-state index contributed by atoms with van der Waals surface area (Å²) in [6.45, 7) is 3.98. The van der Waals surface area contributed by atoms with E-state index in [1.807, 2.05) is 12.1 Å². The Labute approximate surface area is 197 Å². The molecule has 1 heterocycles. The van der Waals surface area contributed by atoms with E-state index in [0.717, 1.165) is 35.0 Å². The van der Waals surface area contributed by atoms with Gasteiger partial charge in [0.2, 0.25) is 0 Å². The van der Waals surface area contributed by atoms with Crippen LogP contribution in [-0.4, -0.2) is 34.1 Å². The second-order valence-electron chi connectivity index (χ2n) is 8.19. The lowest BCUT2D eigenvalue weighted by Gasteiger charge is -2.31. The number of esters is 1. The van der Waals surface area contributed by atoms with Crippen molar-refractivity contribution < 1.29 is 22.7 Å². The first-order chi connectivity index (χ1) is 15.3. The molecule has 8 heteroatoms. The van der Waals surface area contributed by atoms with Gasteiger partial charge in [-0.05, 0) is 80.6 Å². The van der Waals surface area contributed by atoms with Crippen molar-refractivity contribution in [2.75, 3.05) is 24.1 Å². The Hall–Kier alpha value is -2.32. The van der Waals surface area contributed by atoms with Crippen molar-refractivity contribution in [2.24, 2.45) is 0 Å². The van der Waals surface area contributed by atoms with E-state index < -0.39 is 16.0 Å². The molecule has 0 saturated carbocycles. The zero-order valence-electron chi connectivity index (χ0n) is 18.1. The van der Waals surface area contributed by atoms with E-state index in [0.29, 0.717) is 17.9 Å².